The summed E-state index contributed by atoms with van der Waals surface area (Å²) in [6.07, 6.45) is 0. The summed E-state index contributed by atoms with van der Waals surface area (Å²) in [6, 6.07) is 1.85. The van der Waals surface area contributed by atoms with Crippen molar-refractivity contribution in [3.05, 3.63) is 28.2 Å². The fourth-order valence-electron chi connectivity index (χ4n) is 1.59. The van der Waals surface area contributed by atoms with Crippen molar-refractivity contribution in [3.8, 4) is 0 Å². The summed E-state index contributed by atoms with van der Waals surface area (Å²) < 4.78 is 1.62. The number of aryl methyl sites for hydroxylation is 2. The maximum Gasteiger partial charge on any atom is 0.276 e. The van der Waals surface area contributed by atoms with Gasteiger partial charge in [0.15, 0.2) is 0 Å². The van der Waals surface area contributed by atoms with Crippen LogP contribution in [0.5, 0.6) is 0 Å². The number of nitrogens with one attached hydrogen (secondary N) is 1. The molecule has 0 atom stereocenters. The molecule has 0 aliphatic heterocycles. The molecule has 0 bridgehead atoms. The number of anilines is 2. The highest BCUT2D eigenvalue weighted by Crippen LogP contribution is 2.19. The van der Waals surface area contributed by atoms with E-state index in [1.807, 2.05) is 23.8 Å². The average molecular weight is 250 g/mol. The zero-order chi connectivity index (χ0) is 12.4. The van der Waals surface area contributed by atoms with Crippen LogP contribution in [0, 0.1) is 6.92 Å². The highest BCUT2D eigenvalue weighted by molar-refractivity contribution is 7.08. The van der Waals surface area contributed by atoms with Crippen LogP contribution in [-0.2, 0) is 6.54 Å². The molecule has 0 aliphatic rings. The number of nitrogens with zero attached hydrogens (tertiary/aromatic N) is 2. The topological polar surface area (TPSA) is 72.9 Å². The Kier molecular flexibility index (Phi) is 3.14. The van der Waals surface area contributed by atoms with E-state index in [0.717, 1.165) is 5.69 Å². The molecule has 0 spiro atoms. The number of thiophene rings is 1. The third kappa shape index (κ3) is 2.16. The molecule has 0 radical (unpaired) electrons. The summed E-state index contributed by atoms with van der Waals surface area (Å²) in [5.74, 6) is -0.219. The molecule has 2 heterocycles. The van der Waals surface area contributed by atoms with Crippen molar-refractivity contribution < 1.29 is 4.79 Å². The Morgan fingerprint density at radius 3 is 3.00 bits per heavy atom. The van der Waals surface area contributed by atoms with Crippen LogP contribution in [0.1, 0.15) is 23.1 Å². The van der Waals surface area contributed by atoms with Gasteiger partial charge in [-0.05, 0) is 25.3 Å². The van der Waals surface area contributed by atoms with Gasteiger partial charge < -0.3 is 11.1 Å². The van der Waals surface area contributed by atoms with E-state index in [0.29, 0.717) is 23.6 Å². The lowest BCUT2D eigenvalue weighted by molar-refractivity contribution is 0.101. The van der Waals surface area contributed by atoms with Crippen molar-refractivity contribution in [2.45, 2.75) is 20.4 Å². The van der Waals surface area contributed by atoms with Gasteiger partial charge in [0, 0.05) is 11.9 Å². The molecule has 0 aliphatic carbocycles. The van der Waals surface area contributed by atoms with Crippen LogP contribution >= 0.6 is 11.3 Å². The minimum atomic E-state index is -0.219. The van der Waals surface area contributed by atoms with E-state index in [2.05, 4.69) is 10.4 Å². The van der Waals surface area contributed by atoms with Gasteiger partial charge >= 0.3 is 0 Å². The summed E-state index contributed by atoms with van der Waals surface area (Å²) >= 11 is 1.53. The molecule has 0 unspecified atom stereocenters. The Labute approximate surface area is 103 Å². The van der Waals surface area contributed by atoms with Gasteiger partial charge in [-0.1, -0.05) is 0 Å². The molecule has 0 aromatic carbocycles. The fourth-order valence-corrected chi connectivity index (χ4v) is 2.18. The molecule has 90 valence electrons. The van der Waals surface area contributed by atoms with E-state index in [-0.39, 0.29) is 5.91 Å². The highest BCUT2D eigenvalue weighted by atomic mass is 32.1. The predicted molar refractivity (Wildman–Crippen MR) is 69.3 cm³/mol. The van der Waals surface area contributed by atoms with E-state index < -0.39 is 0 Å². The standard InChI is InChI=1S/C11H14N4OS/c1-3-15-10(9(12)7(2)14-15)11(16)13-8-4-5-17-6-8/h4-6H,3,12H2,1-2H3,(H,13,16). The van der Waals surface area contributed by atoms with Gasteiger partial charge in [0.25, 0.3) is 5.91 Å². The van der Waals surface area contributed by atoms with Crippen LogP contribution in [0.15, 0.2) is 16.8 Å². The number of hydrogen-bond donors (Lipinski definition) is 2. The van der Waals surface area contributed by atoms with Gasteiger partial charge in [-0.25, -0.2) is 0 Å². The Morgan fingerprint density at radius 2 is 2.41 bits per heavy atom. The first-order chi connectivity index (χ1) is 8.13. The second-order valence-corrected chi connectivity index (χ2v) is 4.41. The summed E-state index contributed by atoms with van der Waals surface area (Å²) in [7, 11) is 0. The van der Waals surface area contributed by atoms with Crippen LogP contribution < -0.4 is 11.1 Å². The van der Waals surface area contributed by atoms with E-state index in [4.69, 9.17) is 5.73 Å². The maximum absolute atomic E-state index is 12.1. The molecule has 0 saturated carbocycles. The predicted octanol–water partition coefficient (Wildman–Crippen LogP) is 2.11. The molecule has 17 heavy (non-hydrogen) atoms. The van der Waals surface area contributed by atoms with Gasteiger partial charge in [0.1, 0.15) is 5.69 Å². The second-order valence-electron chi connectivity index (χ2n) is 3.63. The summed E-state index contributed by atoms with van der Waals surface area (Å²) in [4.78, 5) is 12.1. The Balaban J connectivity index is 2.30. The average Bonchev–Trinajstić information content (AvgIpc) is 2.88. The number of carbonyl (C=O) groups excluding carboxylic acids is 1. The third-order valence-corrected chi connectivity index (χ3v) is 3.15. The Hall–Kier alpha value is -1.82. The van der Waals surface area contributed by atoms with E-state index >= 15 is 0 Å². The van der Waals surface area contributed by atoms with Gasteiger partial charge in [-0.3, -0.25) is 9.48 Å². The SMILES string of the molecule is CCn1nc(C)c(N)c1C(=O)Nc1ccsc1. The quantitative estimate of drug-likeness (QED) is 0.876. The number of aromatic nitrogens is 2. The molecule has 2 aromatic rings. The number of amides is 1. The highest BCUT2D eigenvalue weighted by Gasteiger charge is 2.19. The number of rotatable bonds is 3. The normalized spacial score (nSPS) is 10.5. The van der Waals surface area contributed by atoms with E-state index in [9.17, 15) is 4.79 Å². The Bertz CT molecular complexity index is 530. The molecule has 5 nitrogen and oxygen atoms in total. The third-order valence-electron chi connectivity index (χ3n) is 2.47. The molecule has 2 rings (SSSR count). The van der Waals surface area contributed by atoms with Crippen LogP contribution in [0.25, 0.3) is 0 Å². The second kappa shape index (κ2) is 4.58. The van der Waals surface area contributed by atoms with Gasteiger partial charge in [-0.15, -0.1) is 0 Å². The van der Waals surface area contributed by atoms with Crippen LogP contribution in [0.4, 0.5) is 11.4 Å². The molecule has 1 amide bonds. The number of hydrogen-bond acceptors (Lipinski definition) is 4. The number of nitrogen functional groups attached to an aromatic ring is 1. The lowest BCUT2D eigenvalue weighted by Crippen LogP contribution is -2.18. The van der Waals surface area contributed by atoms with Crippen LogP contribution in [0.2, 0.25) is 0 Å². The lowest BCUT2D eigenvalue weighted by Gasteiger charge is -2.05. The molecule has 2 aromatic heterocycles. The van der Waals surface area contributed by atoms with Crippen molar-refractivity contribution >= 4 is 28.6 Å². The molecule has 3 N–H and O–H groups in total. The summed E-state index contributed by atoms with van der Waals surface area (Å²) in [5, 5.41) is 10.8. The molecular formula is C11H14N4OS. The first-order valence-corrected chi connectivity index (χ1v) is 6.24. The van der Waals surface area contributed by atoms with Gasteiger partial charge in [0.05, 0.1) is 17.1 Å². The summed E-state index contributed by atoms with van der Waals surface area (Å²) in [5.41, 5.74) is 8.20. The Morgan fingerprint density at radius 1 is 1.65 bits per heavy atom. The van der Waals surface area contributed by atoms with E-state index in [1.165, 1.54) is 11.3 Å². The van der Waals surface area contributed by atoms with Gasteiger partial charge in [-0.2, -0.15) is 16.4 Å². The van der Waals surface area contributed by atoms with E-state index in [1.54, 1.807) is 11.6 Å². The van der Waals surface area contributed by atoms with Crippen LogP contribution in [0.3, 0.4) is 0 Å². The molecule has 0 fully saturated rings. The minimum absolute atomic E-state index is 0.219. The van der Waals surface area contributed by atoms with Crippen molar-refractivity contribution in [2.24, 2.45) is 0 Å². The van der Waals surface area contributed by atoms with Crippen molar-refractivity contribution in [1.82, 2.24) is 9.78 Å². The van der Waals surface area contributed by atoms with Crippen molar-refractivity contribution in [3.63, 3.8) is 0 Å². The van der Waals surface area contributed by atoms with Gasteiger partial charge in [0.2, 0.25) is 0 Å². The summed E-state index contributed by atoms with van der Waals surface area (Å²) in [6.45, 7) is 4.33. The maximum atomic E-state index is 12.1. The number of carbonyl (C=O) groups is 1. The number of nitrogens with two attached hydrogens (primary N) is 1. The monoisotopic (exact) mass is 250 g/mol. The zero-order valence-corrected chi connectivity index (χ0v) is 10.5. The fraction of sp³-hybridized carbons (Fsp3) is 0.273. The van der Waals surface area contributed by atoms with Crippen LogP contribution in [-0.4, -0.2) is 15.7 Å². The van der Waals surface area contributed by atoms with Crippen molar-refractivity contribution in [2.75, 3.05) is 11.1 Å². The largest absolute Gasteiger partial charge is 0.395 e. The smallest absolute Gasteiger partial charge is 0.276 e. The lowest BCUT2D eigenvalue weighted by atomic mass is 10.3. The first kappa shape index (κ1) is 11.7. The molecular weight excluding hydrogens is 236 g/mol. The molecule has 6 heteroatoms. The zero-order valence-electron chi connectivity index (χ0n) is 9.73. The minimum Gasteiger partial charge on any atom is -0.395 e. The van der Waals surface area contributed by atoms with Crippen molar-refractivity contribution in [1.29, 1.82) is 0 Å². The first-order valence-electron chi connectivity index (χ1n) is 5.30. The molecule has 0 saturated heterocycles.